The quantitative estimate of drug-likeness (QED) is 0.921. The third-order valence-electron chi connectivity index (χ3n) is 3.71. The number of nitrogens with zero attached hydrogens (tertiary/aromatic N) is 1. The highest BCUT2D eigenvalue weighted by atomic mass is 16.5. The lowest BCUT2D eigenvalue weighted by Crippen LogP contribution is -2.48. The molecule has 0 bridgehead atoms. The summed E-state index contributed by atoms with van der Waals surface area (Å²) in [6, 6.07) is 7.61. The third kappa shape index (κ3) is 3.51. The molecule has 1 aliphatic heterocycles. The number of likely N-dealkylation sites (tertiary alicyclic amines) is 1. The van der Waals surface area contributed by atoms with Crippen LogP contribution in [0.4, 0.5) is 0 Å². The average molecular weight is 276 g/mol. The van der Waals surface area contributed by atoms with Crippen LogP contribution >= 0.6 is 0 Å². The molecule has 1 saturated heterocycles. The van der Waals surface area contributed by atoms with Crippen molar-refractivity contribution in [1.82, 2.24) is 4.90 Å². The summed E-state index contributed by atoms with van der Waals surface area (Å²) < 4.78 is 5.64. The lowest BCUT2D eigenvalue weighted by atomic mass is 9.94. The van der Waals surface area contributed by atoms with E-state index in [1.807, 2.05) is 43.0 Å². The molecule has 1 amide bonds. The highest BCUT2D eigenvalue weighted by Crippen LogP contribution is 2.20. The van der Waals surface area contributed by atoms with Crippen molar-refractivity contribution in [3.8, 4) is 5.75 Å². The number of hydrogen-bond donors (Lipinski definition) is 1. The van der Waals surface area contributed by atoms with Crippen LogP contribution in [0.1, 0.15) is 37.6 Å². The van der Waals surface area contributed by atoms with Gasteiger partial charge in [0.05, 0.1) is 6.10 Å². The number of carbonyl (C=O) groups excluding carboxylic acids is 1. The summed E-state index contributed by atoms with van der Waals surface area (Å²) in [5.41, 5.74) is 6.69. The number of benzene rings is 1. The highest BCUT2D eigenvalue weighted by Gasteiger charge is 2.26. The monoisotopic (exact) mass is 276 g/mol. The second kappa shape index (κ2) is 6.27. The van der Waals surface area contributed by atoms with Crippen LogP contribution in [0.15, 0.2) is 24.3 Å². The summed E-state index contributed by atoms with van der Waals surface area (Å²) in [6.07, 6.45) is 0.975. The second-order valence-corrected chi connectivity index (χ2v) is 5.88. The van der Waals surface area contributed by atoms with Crippen molar-refractivity contribution in [1.29, 1.82) is 0 Å². The topological polar surface area (TPSA) is 55.6 Å². The molecule has 1 fully saturated rings. The minimum absolute atomic E-state index is 0.0676. The Labute approximate surface area is 120 Å². The Morgan fingerprint density at radius 2 is 2.20 bits per heavy atom. The Balaban J connectivity index is 2.09. The number of rotatable bonds is 3. The minimum atomic E-state index is 0.0676. The van der Waals surface area contributed by atoms with Gasteiger partial charge in [-0.1, -0.05) is 13.0 Å². The molecule has 0 radical (unpaired) electrons. The number of ether oxygens (including phenoxy) is 1. The normalized spacial score (nSPS) is 22.9. The lowest BCUT2D eigenvalue weighted by Gasteiger charge is -2.35. The zero-order chi connectivity index (χ0) is 14.7. The summed E-state index contributed by atoms with van der Waals surface area (Å²) in [7, 11) is 0. The maximum atomic E-state index is 12.5. The molecule has 2 rings (SSSR count). The van der Waals surface area contributed by atoms with Crippen LogP contribution in [0.2, 0.25) is 0 Å². The maximum absolute atomic E-state index is 12.5. The number of hydrogen-bond acceptors (Lipinski definition) is 3. The molecule has 1 heterocycles. The molecule has 0 saturated carbocycles. The first-order valence-corrected chi connectivity index (χ1v) is 7.29. The van der Waals surface area contributed by atoms with E-state index in [0.717, 1.165) is 25.3 Å². The van der Waals surface area contributed by atoms with E-state index < -0.39 is 0 Å². The van der Waals surface area contributed by atoms with Gasteiger partial charge in [0, 0.05) is 24.7 Å². The molecular weight excluding hydrogens is 252 g/mol. The summed E-state index contributed by atoms with van der Waals surface area (Å²) in [6.45, 7) is 7.52. The molecule has 1 aliphatic rings. The highest BCUT2D eigenvalue weighted by molar-refractivity contribution is 5.94. The molecule has 20 heavy (non-hydrogen) atoms. The predicted molar refractivity (Wildman–Crippen MR) is 79.9 cm³/mol. The summed E-state index contributed by atoms with van der Waals surface area (Å²) in [5.74, 6) is 1.16. The van der Waals surface area contributed by atoms with Crippen LogP contribution in [-0.2, 0) is 0 Å². The Morgan fingerprint density at radius 1 is 1.45 bits per heavy atom. The van der Waals surface area contributed by atoms with E-state index in [-0.39, 0.29) is 18.1 Å². The van der Waals surface area contributed by atoms with E-state index >= 15 is 0 Å². The smallest absolute Gasteiger partial charge is 0.253 e. The van der Waals surface area contributed by atoms with Gasteiger partial charge in [-0.25, -0.2) is 0 Å². The van der Waals surface area contributed by atoms with Crippen molar-refractivity contribution in [2.75, 3.05) is 13.1 Å². The van der Waals surface area contributed by atoms with Crippen molar-refractivity contribution in [2.45, 2.75) is 39.3 Å². The van der Waals surface area contributed by atoms with Crippen LogP contribution in [0, 0.1) is 5.92 Å². The number of amides is 1. The first-order valence-electron chi connectivity index (χ1n) is 7.29. The molecular formula is C16H24N2O2. The van der Waals surface area contributed by atoms with Crippen molar-refractivity contribution in [3.05, 3.63) is 29.8 Å². The molecule has 0 aromatic heterocycles. The van der Waals surface area contributed by atoms with Crippen molar-refractivity contribution < 1.29 is 9.53 Å². The van der Waals surface area contributed by atoms with E-state index in [4.69, 9.17) is 10.5 Å². The fourth-order valence-electron chi connectivity index (χ4n) is 2.51. The summed E-state index contributed by atoms with van der Waals surface area (Å²) in [4.78, 5) is 14.4. The van der Waals surface area contributed by atoms with E-state index in [9.17, 15) is 4.79 Å². The van der Waals surface area contributed by atoms with Crippen LogP contribution in [0.5, 0.6) is 5.75 Å². The number of nitrogens with two attached hydrogens (primary N) is 1. The fraction of sp³-hybridized carbons (Fsp3) is 0.562. The van der Waals surface area contributed by atoms with Gasteiger partial charge in [0.2, 0.25) is 0 Å². The van der Waals surface area contributed by atoms with Gasteiger partial charge in [0.25, 0.3) is 5.91 Å². The van der Waals surface area contributed by atoms with Crippen molar-refractivity contribution >= 4 is 5.91 Å². The molecule has 1 aromatic carbocycles. The SMILES string of the molecule is CC(C)Oc1cccc(C(=O)N2CCC(N)C(C)C2)c1. The first-order chi connectivity index (χ1) is 9.47. The summed E-state index contributed by atoms with van der Waals surface area (Å²) >= 11 is 0. The van der Waals surface area contributed by atoms with Crippen LogP contribution < -0.4 is 10.5 Å². The molecule has 110 valence electrons. The second-order valence-electron chi connectivity index (χ2n) is 5.88. The van der Waals surface area contributed by atoms with Crippen LogP contribution in [0.3, 0.4) is 0 Å². The minimum Gasteiger partial charge on any atom is -0.491 e. The van der Waals surface area contributed by atoms with Gasteiger partial charge in [-0.3, -0.25) is 4.79 Å². The van der Waals surface area contributed by atoms with Gasteiger partial charge in [-0.05, 0) is 44.4 Å². The summed E-state index contributed by atoms with van der Waals surface area (Å²) in [5, 5.41) is 0. The Kier molecular flexibility index (Phi) is 4.65. The fourth-order valence-corrected chi connectivity index (χ4v) is 2.51. The van der Waals surface area contributed by atoms with Gasteiger partial charge in [0.1, 0.15) is 5.75 Å². The first kappa shape index (κ1) is 14.9. The average Bonchev–Trinajstić information content (AvgIpc) is 2.40. The Morgan fingerprint density at radius 3 is 2.85 bits per heavy atom. The molecule has 0 aliphatic carbocycles. The largest absolute Gasteiger partial charge is 0.491 e. The van der Waals surface area contributed by atoms with Crippen molar-refractivity contribution in [2.24, 2.45) is 11.7 Å². The van der Waals surface area contributed by atoms with Gasteiger partial charge in [0.15, 0.2) is 0 Å². The molecule has 1 aromatic rings. The van der Waals surface area contributed by atoms with Gasteiger partial charge in [-0.15, -0.1) is 0 Å². The molecule has 0 spiro atoms. The lowest BCUT2D eigenvalue weighted by molar-refractivity contribution is 0.0663. The molecule has 2 N–H and O–H groups in total. The van der Waals surface area contributed by atoms with E-state index in [1.165, 1.54) is 0 Å². The number of carbonyl (C=O) groups is 1. The third-order valence-corrected chi connectivity index (χ3v) is 3.71. The van der Waals surface area contributed by atoms with Gasteiger partial charge < -0.3 is 15.4 Å². The van der Waals surface area contributed by atoms with Crippen LogP contribution in [0.25, 0.3) is 0 Å². The van der Waals surface area contributed by atoms with E-state index in [0.29, 0.717) is 11.5 Å². The van der Waals surface area contributed by atoms with Crippen molar-refractivity contribution in [3.63, 3.8) is 0 Å². The molecule has 2 unspecified atom stereocenters. The predicted octanol–water partition coefficient (Wildman–Crippen LogP) is 2.28. The van der Waals surface area contributed by atoms with Gasteiger partial charge in [-0.2, -0.15) is 0 Å². The Bertz CT molecular complexity index is 473. The zero-order valence-electron chi connectivity index (χ0n) is 12.5. The van der Waals surface area contributed by atoms with E-state index in [1.54, 1.807) is 0 Å². The maximum Gasteiger partial charge on any atom is 0.253 e. The van der Waals surface area contributed by atoms with Gasteiger partial charge >= 0.3 is 0 Å². The molecule has 4 heteroatoms. The molecule has 2 atom stereocenters. The standard InChI is InChI=1S/C16H24N2O2/c1-11(2)20-14-6-4-5-13(9-14)16(19)18-8-7-15(17)12(3)10-18/h4-6,9,11-12,15H,7-8,10,17H2,1-3H3. The van der Waals surface area contributed by atoms with Crippen LogP contribution in [-0.4, -0.2) is 36.0 Å². The molecule has 4 nitrogen and oxygen atoms in total. The van der Waals surface area contributed by atoms with E-state index in [2.05, 4.69) is 6.92 Å². The Hall–Kier alpha value is -1.55. The number of piperidine rings is 1. The zero-order valence-corrected chi connectivity index (χ0v) is 12.5.